The minimum atomic E-state index is -3.88. The van der Waals surface area contributed by atoms with Crippen molar-refractivity contribution in [3.8, 4) is 0 Å². The van der Waals surface area contributed by atoms with Gasteiger partial charge < -0.3 is 4.90 Å². The van der Waals surface area contributed by atoms with Crippen molar-refractivity contribution in [3.05, 3.63) is 82.4 Å². The predicted octanol–water partition coefficient (Wildman–Crippen LogP) is 5.79. The van der Waals surface area contributed by atoms with Crippen LogP contribution in [0.3, 0.4) is 0 Å². The van der Waals surface area contributed by atoms with Gasteiger partial charge in [-0.05, 0) is 67.5 Å². The molecule has 8 nitrogen and oxygen atoms in total. The molecule has 1 unspecified atom stereocenters. The maximum atomic E-state index is 14.8. The van der Waals surface area contributed by atoms with Crippen LogP contribution >= 0.6 is 23.2 Å². The maximum absolute atomic E-state index is 14.8. The molecular formula is C30H38Cl2N2O6S2. The van der Waals surface area contributed by atoms with Crippen LogP contribution in [0.1, 0.15) is 62.1 Å². The molecule has 1 saturated heterocycles. The van der Waals surface area contributed by atoms with Gasteiger partial charge in [-0.2, -0.15) is 8.42 Å². The van der Waals surface area contributed by atoms with Gasteiger partial charge in [-0.3, -0.25) is 8.98 Å². The second kappa shape index (κ2) is 13.0. The van der Waals surface area contributed by atoms with E-state index in [1.165, 1.54) is 4.31 Å². The average molecular weight is 658 g/mol. The summed E-state index contributed by atoms with van der Waals surface area (Å²) in [5.74, 6) is -0.654. The standard InChI is InChI=1S/C30H38Cl2N2O6S2/c1-5-16-30(20-40-41(4,36)37)18-27(22-8-7-9-24(32)17-22)28(21-10-12-23(31)13-11-21)34(29(30)35)25(6-2)19-33(3)42(38,39)26-14-15-26/h5,7-13,17,25-28H,1,6,14-16,18-20H2,2-4H3/t25-,27?,28+,30-/m0/s1. The Labute approximate surface area is 259 Å². The molecule has 2 fully saturated rings. The molecule has 2 aromatic carbocycles. The predicted molar refractivity (Wildman–Crippen MR) is 167 cm³/mol. The van der Waals surface area contributed by atoms with Crippen molar-refractivity contribution in [3.63, 3.8) is 0 Å². The average Bonchev–Trinajstić information content (AvgIpc) is 3.78. The first-order chi connectivity index (χ1) is 19.7. The number of sulfonamides is 1. The van der Waals surface area contributed by atoms with Crippen molar-refractivity contribution < 1.29 is 25.8 Å². The molecule has 42 heavy (non-hydrogen) atoms. The summed E-state index contributed by atoms with van der Waals surface area (Å²) in [5.41, 5.74) is 0.406. The smallest absolute Gasteiger partial charge is 0.264 e. The Morgan fingerprint density at radius 1 is 1.10 bits per heavy atom. The molecule has 12 heteroatoms. The summed E-state index contributed by atoms with van der Waals surface area (Å²) in [5, 5.41) is 0.665. The minimum absolute atomic E-state index is 0.0878. The van der Waals surface area contributed by atoms with Gasteiger partial charge in [0.05, 0.1) is 29.6 Å². The van der Waals surface area contributed by atoms with Gasteiger partial charge in [0.15, 0.2) is 0 Å². The van der Waals surface area contributed by atoms with Gasteiger partial charge in [0.2, 0.25) is 15.9 Å². The number of rotatable bonds is 13. The van der Waals surface area contributed by atoms with E-state index in [9.17, 15) is 21.6 Å². The molecular weight excluding hydrogens is 619 g/mol. The van der Waals surface area contributed by atoms with Crippen LogP contribution in [0.5, 0.6) is 0 Å². The number of halogens is 2. The highest BCUT2D eigenvalue weighted by molar-refractivity contribution is 7.90. The van der Waals surface area contributed by atoms with Crippen LogP contribution in [0.25, 0.3) is 0 Å². The van der Waals surface area contributed by atoms with E-state index >= 15 is 0 Å². The summed E-state index contributed by atoms with van der Waals surface area (Å²) < 4.78 is 57.3. The molecule has 1 aliphatic heterocycles. The zero-order valence-corrected chi connectivity index (χ0v) is 27.2. The van der Waals surface area contributed by atoms with E-state index in [2.05, 4.69) is 6.58 Å². The third-order valence-electron chi connectivity index (χ3n) is 8.26. The van der Waals surface area contributed by atoms with E-state index in [1.54, 1.807) is 36.2 Å². The molecule has 0 spiro atoms. The monoisotopic (exact) mass is 656 g/mol. The van der Waals surface area contributed by atoms with Crippen LogP contribution in [0, 0.1) is 5.41 Å². The number of hydrogen-bond donors (Lipinski definition) is 0. The SMILES string of the molecule is C=CC[C@@]1(COS(C)(=O)=O)CC(c2cccc(Cl)c2)[C@@H](c2ccc(Cl)cc2)N([C@@H](CC)CN(C)S(=O)(=O)C2CC2)C1=O. The Balaban J connectivity index is 1.91. The van der Waals surface area contributed by atoms with E-state index in [4.69, 9.17) is 27.4 Å². The molecule has 2 aliphatic rings. The van der Waals surface area contributed by atoms with Gasteiger partial charge in [0.1, 0.15) is 0 Å². The van der Waals surface area contributed by atoms with Crippen molar-refractivity contribution >= 4 is 49.3 Å². The summed E-state index contributed by atoms with van der Waals surface area (Å²) in [7, 11) is -5.83. The Morgan fingerprint density at radius 3 is 2.31 bits per heavy atom. The fourth-order valence-corrected chi connectivity index (χ4v) is 8.36. The number of amides is 1. The second-order valence-electron chi connectivity index (χ2n) is 11.4. The largest absolute Gasteiger partial charge is 0.330 e. The number of likely N-dealkylation sites (N-methyl/N-ethyl adjacent to an activating group) is 1. The number of hydrogen-bond acceptors (Lipinski definition) is 6. The van der Waals surface area contributed by atoms with Crippen LogP contribution in [0.15, 0.2) is 61.2 Å². The lowest BCUT2D eigenvalue weighted by atomic mass is 9.66. The van der Waals surface area contributed by atoms with E-state index in [-0.39, 0.29) is 37.8 Å². The van der Waals surface area contributed by atoms with Crippen LogP contribution in [0.4, 0.5) is 0 Å². The second-order valence-corrected chi connectivity index (χ2v) is 16.2. The van der Waals surface area contributed by atoms with Crippen molar-refractivity contribution in [1.82, 2.24) is 9.21 Å². The molecule has 0 aromatic heterocycles. The van der Waals surface area contributed by atoms with Crippen molar-refractivity contribution in [2.24, 2.45) is 5.41 Å². The number of likely N-dealkylation sites (tertiary alicyclic amines) is 1. The molecule has 1 aliphatic carbocycles. The Hall–Kier alpha value is -1.95. The van der Waals surface area contributed by atoms with Crippen LogP contribution in [0.2, 0.25) is 10.0 Å². The normalized spacial score (nSPS) is 24.1. The van der Waals surface area contributed by atoms with Gasteiger partial charge in [-0.15, -0.1) is 6.58 Å². The summed E-state index contributed by atoms with van der Waals surface area (Å²) in [4.78, 5) is 16.6. The Kier molecular flexibility index (Phi) is 10.2. The number of nitrogens with zero attached hydrogens (tertiary/aromatic N) is 2. The van der Waals surface area contributed by atoms with Crippen molar-refractivity contribution in [2.75, 3.05) is 26.5 Å². The van der Waals surface area contributed by atoms with Gasteiger partial charge in [-0.25, -0.2) is 12.7 Å². The van der Waals surface area contributed by atoms with Gasteiger partial charge in [0.25, 0.3) is 10.1 Å². The fourth-order valence-electron chi connectivity index (χ4n) is 5.98. The van der Waals surface area contributed by atoms with E-state index in [0.717, 1.165) is 17.4 Å². The molecule has 230 valence electrons. The van der Waals surface area contributed by atoms with Crippen molar-refractivity contribution in [2.45, 2.75) is 62.3 Å². The van der Waals surface area contributed by atoms with Gasteiger partial charge >= 0.3 is 0 Å². The lowest BCUT2D eigenvalue weighted by Gasteiger charge is -2.53. The summed E-state index contributed by atoms with van der Waals surface area (Å²) in [6, 6.07) is 13.6. The highest BCUT2D eigenvalue weighted by Gasteiger charge is 2.54. The third-order valence-corrected chi connectivity index (χ3v) is 11.6. The lowest BCUT2D eigenvalue weighted by Crippen LogP contribution is -2.60. The molecule has 0 N–H and O–H groups in total. The zero-order chi connectivity index (χ0) is 30.9. The minimum Gasteiger partial charge on any atom is -0.330 e. The Bertz CT molecular complexity index is 1510. The highest BCUT2D eigenvalue weighted by atomic mass is 35.5. The van der Waals surface area contributed by atoms with E-state index < -0.39 is 42.9 Å². The molecule has 4 rings (SSSR count). The molecule has 4 atom stereocenters. The first kappa shape index (κ1) is 33.0. The lowest BCUT2D eigenvalue weighted by molar-refractivity contribution is -0.158. The molecule has 1 saturated carbocycles. The molecule has 0 radical (unpaired) electrons. The first-order valence-corrected chi connectivity index (χ1v) is 18.0. The quantitative estimate of drug-likeness (QED) is 0.200. The molecule has 1 amide bonds. The van der Waals surface area contributed by atoms with Gasteiger partial charge in [-0.1, -0.05) is 60.5 Å². The number of allylic oxidation sites excluding steroid dienone is 1. The van der Waals surface area contributed by atoms with Crippen LogP contribution in [-0.4, -0.2) is 69.7 Å². The van der Waals surface area contributed by atoms with Gasteiger partial charge in [0, 0.05) is 35.6 Å². The molecule has 2 aromatic rings. The third kappa shape index (κ3) is 7.22. The number of carbonyl (C=O) groups is 1. The number of carbonyl (C=O) groups excluding carboxylic acids is 1. The highest BCUT2D eigenvalue weighted by Crippen LogP contribution is 2.53. The Morgan fingerprint density at radius 2 is 1.76 bits per heavy atom. The summed E-state index contributed by atoms with van der Waals surface area (Å²) in [6.07, 6.45) is 4.68. The first-order valence-electron chi connectivity index (χ1n) is 14.0. The van der Waals surface area contributed by atoms with Crippen LogP contribution < -0.4 is 0 Å². The summed E-state index contributed by atoms with van der Waals surface area (Å²) >= 11 is 12.7. The number of benzene rings is 2. The van der Waals surface area contributed by atoms with E-state index in [0.29, 0.717) is 29.3 Å². The van der Waals surface area contributed by atoms with E-state index in [1.807, 2.05) is 37.3 Å². The fraction of sp³-hybridized carbons (Fsp3) is 0.500. The summed E-state index contributed by atoms with van der Waals surface area (Å²) in [6.45, 7) is 5.51. The van der Waals surface area contributed by atoms with Crippen molar-refractivity contribution in [1.29, 1.82) is 0 Å². The maximum Gasteiger partial charge on any atom is 0.264 e. The zero-order valence-electron chi connectivity index (χ0n) is 24.1. The molecule has 1 heterocycles. The number of piperidine rings is 1. The van der Waals surface area contributed by atoms with Crippen LogP contribution in [-0.2, 0) is 29.1 Å². The topological polar surface area (TPSA) is 101 Å². The molecule has 0 bridgehead atoms.